The molecular formula is C18H23ClN4O. The Kier molecular flexibility index (Phi) is 7.52. The monoisotopic (exact) mass is 346 g/mol. The van der Waals surface area contributed by atoms with E-state index in [4.69, 9.17) is 11.6 Å². The molecule has 1 atom stereocenters. The lowest BCUT2D eigenvalue weighted by atomic mass is 10.1. The summed E-state index contributed by atoms with van der Waals surface area (Å²) in [5.74, 6) is 0.694. The summed E-state index contributed by atoms with van der Waals surface area (Å²) in [5, 5.41) is 17.4. The number of nitrogens with one attached hydrogen (secondary N) is 2. The molecule has 1 unspecified atom stereocenters. The number of guanidine groups is 1. The second-order valence-electron chi connectivity index (χ2n) is 5.32. The number of hydrogen-bond donors (Lipinski definition) is 3. The van der Waals surface area contributed by atoms with Gasteiger partial charge in [0.2, 0.25) is 0 Å². The Balaban J connectivity index is 1.85. The van der Waals surface area contributed by atoms with Crippen molar-refractivity contribution in [3.63, 3.8) is 0 Å². The highest BCUT2D eigenvalue weighted by molar-refractivity contribution is 6.30. The van der Waals surface area contributed by atoms with Crippen LogP contribution in [0.25, 0.3) is 0 Å². The molecule has 0 aliphatic rings. The van der Waals surface area contributed by atoms with Crippen molar-refractivity contribution in [2.24, 2.45) is 4.99 Å². The SMILES string of the molecule is CCNC(=NCC(O)c1ccncc1)NCCc1ccc(Cl)cc1. The van der Waals surface area contributed by atoms with Gasteiger partial charge in [-0.2, -0.15) is 0 Å². The number of nitrogens with zero attached hydrogens (tertiary/aromatic N) is 2. The van der Waals surface area contributed by atoms with Crippen LogP contribution in [0.3, 0.4) is 0 Å². The van der Waals surface area contributed by atoms with Gasteiger partial charge in [0, 0.05) is 30.5 Å². The van der Waals surface area contributed by atoms with Crippen LogP contribution in [0.5, 0.6) is 0 Å². The van der Waals surface area contributed by atoms with Crippen molar-refractivity contribution in [2.45, 2.75) is 19.4 Å². The molecule has 0 aliphatic heterocycles. The highest BCUT2D eigenvalue weighted by Crippen LogP contribution is 2.11. The van der Waals surface area contributed by atoms with E-state index in [-0.39, 0.29) is 0 Å². The Bertz CT molecular complexity index is 631. The van der Waals surface area contributed by atoms with Crippen LogP contribution in [0.2, 0.25) is 5.02 Å². The molecule has 128 valence electrons. The van der Waals surface area contributed by atoms with Gasteiger partial charge in [-0.25, -0.2) is 0 Å². The first-order valence-electron chi connectivity index (χ1n) is 8.03. The number of pyridine rings is 1. The van der Waals surface area contributed by atoms with Crippen LogP contribution in [0.4, 0.5) is 0 Å². The predicted octanol–water partition coefficient (Wildman–Crippen LogP) is 2.57. The molecule has 0 bridgehead atoms. The van der Waals surface area contributed by atoms with Gasteiger partial charge < -0.3 is 15.7 Å². The van der Waals surface area contributed by atoms with Crippen molar-refractivity contribution in [1.82, 2.24) is 15.6 Å². The van der Waals surface area contributed by atoms with Crippen molar-refractivity contribution in [1.29, 1.82) is 0 Å². The number of halogens is 1. The first kappa shape index (κ1) is 18.2. The van der Waals surface area contributed by atoms with Crippen molar-refractivity contribution < 1.29 is 5.11 Å². The molecule has 1 aromatic carbocycles. The fourth-order valence-electron chi connectivity index (χ4n) is 2.19. The molecule has 5 nitrogen and oxygen atoms in total. The third-order valence-corrected chi connectivity index (χ3v) is 3.73. The van der Waals surface area contributed by atoms with Gasteiger partial charge in [-0.15, -0.1) is 0 Å². The van der Waals surface area contributed by atoms with E-state index >= 15 is 0 Å². The molecule has 1 aromatic heterocycles. The fraction of sp³-hybridized carbons (Fsp3) is 0.333. The summed E-state index contributed by atoms with van der Waals surface area (Å²) in [7, 11) is 0. The van der Waals surface area contributed by atoms with Gasteiger partial charge in [0.25, 0.3) is 0 Å². The second kappa shape index (κ2) is 9.90. The normalized spacial score (nSPS) is 12.7. The largest absolute Gasteiger partial charge is 0.386 e. The summed E-state index contributed by atoms with van der Waals surface area (Å²) in [4.78, 5) is 8.39. The van der Waals surface area contributed by atoms with E-state index in [1.807, 2.05) is 31.2 Å². The first-order valence-corrected chi connectivity index (χ1v) is 8.41. The Morgan fingerprint density at radius 1 is 1.17 bits per heavy atom. The fourth-order valence-corrected chi connectivity index (χ4v) is 2.31. The summed E-state index contributed by atoms with van der Waals surface area (Å²) < 4.78 is 0. The molecule has 0 spiro atoms. The molecular weight excluding hydrogens is 324 g/mol. The molecule has 24 heavy (non-hydrogen) atoms. The smallest absolute Gasteiger partial charge is 0.191 e. The van der Waals surface area contributed by atoms with Crippen molar-refractivity contribution in [2.75, 3.05) is 19.6 Å². The molecule has 0 saturated carbocycles. The second-order valence-corrected chi connectivity index (χ2v) is 5.76. The van der Waals surface area contributed by atoms with Crippen LogP contribution in [0.15, 0.2) is 53.8 Å². The Morgan fingerprint density at radius 3 is 2.54 bits per heavy atom. The quantitative estimate of drug-likeness (QED) is 0.532. The van der Waals surface area contributed by atoms with Gasteiger partial charge in [0.05, 0.1) is 12.6 Å². The lowest BCUT2D eigenvalue weighted by Gasteiger charge is -2.13. The molecule has 2 aromatic rings. The lowest BCUT2D eigenvalue weighted by Crippen LogP contribution is -2.38. The number of aliphatic hydroxyl groups excluding tert-OH is 1. The van der Waals surface area contributed by atoms with Gasteiger partial charge in [0.15, 0.2) is 5.96 Å². The molecule has 0 aliphatic carbocycles. The predicted molar refractivity (Wildman–Crippen MR) is 98.3 cm³/mol. The van der Waals surface area contributed by atoms with Gasteiger partial charge in [-0.3, -0.25) is 9.98 Å². The van der Waals surface area contributed by atoms with Crippen molar-refractivity contribution in [3.05, 3.63) is 64.9 Å². The van der Waals surface area contributed by atoms with E-state index in [0.29, 0.717) is 12.5 Å². The summed E-state index contributed by atoms with van der Waals surface area (Å²) >= 11 is 5.89. The highest BCUT2D eigenvalue weighted by Gasteiger charge is 2.07. The number of benzene rings is 1. The minimum absolute atomic E-state index is 0.292. The summed E-state index contributed by atoms with van der Waals surface area (Å²) in [6.45, 7) is 3.81. The Hall–Kier alpha value is -2.11. The van der Waals surface area contributed by atoms with Crippen LogP contribution in [0.1, 0.15) is 24.2 Å². The number of hydrogen-bond acceptors (Lipinski definition) is 3. The maximum Gasteiger partial charge on any atom is 0.191 e. The molecule has 0 amide bonds. The molecule has 2 rings (SSSR count). The van der Waals surface area contributed by atoms with E-state index in [0.717, 1.165) is 30.1 Å². The molecule has 3 N–H and O–H groups in total. The molecule has 6 heteroatoms. The van der Waals surface area contributed by atoms with Crippen LogP contribution >= 0.6 is 11.6 Å². The van der Waals surface area contributed by atoms with E-state index < -0.39 is 6.10 Å². The third kappa shape index (κ3) is 6.18. The molecule has 1 heterocycles. The number of aliphatic imine (C=N–C) groups is 1. The molecule has 0 saturated heterocycles. The van der Waals surface area contributed by atoms with Crippen LogP contribution in [-0.4, -0.2) is 35.7 Å². The number of rotatable bonds is 7. The maximum absolute atomic E-state index is 10.2. The zero-order chi connectivity index (χ0) is 17.2. The van der Waals surface area contributed by atoms with E-state index in [1.165, 1.54) is 5.56 Å². The average molecular weight is 347 g/mol. The minimum Gasteiger partial charge on any atom is -0.386 e. The van der Waals surface area contributed by atoms with Crippen LogP contribution < -0.4 is 10.6 Å². The topological polar surface area (TPSA) is 69.5 Å². The molecule has 0 fully saturated rings. The van der Waals surface area contributed by atoms with Crippen LogP contribution in [0, 0.1) is 0 Å². The summed E-state index contributed by atoms with van der Waals surface area (Å²) in [5.41, 5.74) is 2.02. The standard InChI is InChI=1S/C18H23ClN4O/c1-2-21-18(22-12-7-14-3-5-16(19)6-4-14)23-13-17(24)15-8-10-20-11-9-15/h3-6,8-11,17,24H,2,7,12-13H2,1H3,(H2,21,22,23). The lowest BCUT2D eigenvalue weighted by molar-refractivity contribution is 0.187. The van der Waals surface area contributed by atoms with Gasteiger partial charge >= 0.3 is 0 Å². The Morgan fingerprint density at radius 2 is 1.88 bits per heavy atom. The van der Waals surface area contributed by atoms with Gasteiger partial charge in [-0.1, -0.05) is 23.7 Å². The number of aliphatic hydroxyl groups is 1. The average Bonchev–Trinajstić information content (AvgIpc) is 2.62. The number of aromatic nitrogens is 1. The summed E-state index contributed by atoms with van der Waals surface area (Å²) in [6.07, 6.45) is 3.56. The summed E-state index contributed by atoms with van der Waals surface area (Å²) in [6, 6.07) is 11.4. The maximum atomic E-state index is 10.2. The molecule has 0 radical (unpaired) electrons. The van der Waals surface area contributed by atoms with E-state index in [9.17, 15) is 5.11 Å². The third-order valence-electron chi connectivity index (χ3n) is 3.48. The van der Waals surface area contributed by atoms with Gasteiger partial charge in [-0.05, 0) is 48.7 Å². The highest BCUT2D eigenvalue weighted by atomic mass is 35.5. The van der Waals surface area contributed by atoms with E-state index in [2.05, 4.69) is 20.6 Å². The van der Waals surface area contributed by atoms with E-state index in [1.54, 1.807) is 24.5 Å². The zero-order valence-corrected chi connectivity index (χ0v) is 14.5. The van der Waals surface area contributed by atoms with Gasteiger partial charge in [0.1, 0.15) is 0 Å². The van der Waals surface area contributed by atoms with Crippen molar-refractivity contribution in [3.8, 4) is 0 Å². The minimum atomic E-state index is -0.639. The first-order chi connectivity index (χ1) is 11.7. The Labute approximate surface area is 147 Å². The zero-order valence-electron chi connectivity index (χ0n) is 13.7. The van der Waals surface area contributed by atoms with Crippen molar-refractivity contribution >= 4 is 17.6 Å². The van der Waals surface area contributed by atoms with Crippen LogP contribution in [-0.2, 0) is 6.42 Å².